The van der Waals surface area contributed by atoms with Crippen LogP contribution in [0.5, 0.6) is 5.75 Å². The van der Waals surface area contributed by atoms with Gasteiger partial charge < -0.3 is 20.6 Å². The lowest BCUT2D eigenvalue weighted by Crippen LogP contribution is -2.46. The number of carbonyl (C=O) groups excluding carboxylic acids is 1. The number of amides is 1. The standard InChI is InChI=1S/C15H19N3O3/c16-14(17-20)10-4-3-7-18(8-10)15(19)12-9-21-13-6-2-1-5-11(12)13/h1-2,5-6,10,12,20H,3-4,7-9H2,(H2,16,17). The van der Waals surface area contributed by atoms with E-state index in [4.69, 9.17) is 15.7 Å². The van der Waals surface area contributed by atoms with Gasteiger partial charge in [-0.25, -0.2) is 0 Å². The first-order valence-corrected chi connectivity index (χ1v) is 7.18. The smallest absolute Gasteiger partial charge is 0.233 e. The fraction of sp³-hybridized carbons (Fsp3) is 0.467. The van der Waals surface area contributed by atoms with E-state index in [0.717, 1.165) is 24.2 Å². The number of fused-ring (bicyclic) bond motifs is 1. The van der Waals surface area contributed by atoms with Crippen LogP contribution in [0.25, 0.3) is 0 Å². The third-order valence-electron chi connectivity index (χ3n) is 4.26. The topological polar surface area (TPSA) is 88.2 Å². The van der Waals surface area contributed by atoms with Crippen molar-refractivity contribution in [1.29, 1.82) is 0 Å². The van der Waals surface area contributed by atoms with E-state index >= 15 is 0 Å². The highest BCUT2D eigenvalue weighted by atomic mass is 16.5. The highest BCUT2D eigenvalue weighted by Crippen LogP contribution is 2.35. The molecular weight excluding hydrogens is 270 g/mol. The fourth-order valence-corrected chi connectivity index (χ4v) is 3.09. The summed E-state index contributed by atoms with van der Waals surface area (Å²) in [7, 11) is 0. The van der Waals surface area contributed by atoms with Crippen LogP contribution in [0.15, 0.2) is 29.4 Å². The second-order valence-corrected chi connectivity index (χ2v) is 5.55. The summed E-state index contributed by atoms with van der Waals surface area (Å²) in [5.41, 5.74) is 6.63. The number of nitrogens with two attached hydrogens (primary N) is 1. The molecule has 2 aliphatic heterocycles. The van der Waals surface area contributed by atoms with Crippen molar-refractivity contribution in [3.8, 4) is 5.75 Å². The molecule has 0 bridgehead atoms. The van der Waals surface area contributed by atoms with Crippen molar-refractivity contribution in [1.82, 2.24) is 4.90 Å². The van der Waals surface area contributed by atoms with Gasteiger partial charge in [0.15, 0.2) is 0 Å². The molecule has 2 aliphatic rings. The third kappa shape index (κ3) is 2.53. The molecule has 3 rings (SSSR count). The number of ether oxygens (including phenoxy) is 1. The van der Waals surface area contributed by atoms with Gasteiger partial charge in [0.25, 0.3) is 0 Å². The van der Waals surface area contributed by atoms with Crippen molar-refractivity contribution in [2.45, 2.75) is 18.8 Å². The lowest BCUT2D eigenvalue weighted by atomic mass is 9.94. The molecule has 0 aliphatic carbocycles. The van der Waals surface area contributed by atoms with E-state index in [1.54, 1.807) is 0 Å². The molecule has 2 unspecified atom stereocenters. The summed E-state index contributed by atoms with van der Waals surface area (Å²) < 4.78 is 5.58. The Hall–Kier alpha value is -2.24. The highest BCUT2D eigenvalue weighted by molar-refractivity contribution is 5.87. The van der Waals surface area contributed by atoms with Crippen molar-refractivity contribution in [3.63, 3.8) is 0 Å². The van der Waals surface area contributed by atoms with E-state index in [-0.39, 0.29) is 23.6 Å². The van der Waals surface area contributed by atoms with Crippen LogP contribution in [-0.4, -0.2) is 41.5 Å². The molecule has 0 saturated carbocycles. The summed E-state index contributed by atoms with van der Waals surface area (Å²) in [6.45, 7) is 1.61. The van der Waals surface area contributed by atoms with Gasteiger partial charge in [0.05, 0.1) is 0 Å². The zero-order valence-electron chi connectivity index (χ0n) is 11.7. The molecule has 1 aromatic rings. The molecule has 112 valence electrons. The number of carbonyl (C=O) groups is 1. The SMILES string of the molecule is NC(=NO)C1CCCN(C(=O)C2COc3ccccc32)C1. The van der Waals surface area contributed by atoms with Crippen molar-refractivity contribution < 1.29 is 14.7 Å². The Morgan fingerprint density at radius 3 is 3.05 bits per heavy atom. The van der Waals surface area contributed by atoms with Gasteiger partial charge in [-0.05, 0) is 18.9 Å². The van der Waals surface area contributed by atoms with Crippen molar-refractivity contribution in [2.75, 3.05) is 19.7 Å². The van der Waals surface area contributed by atoms with Crippen LogP contribution < -0.4 is 10.5 Å². The molecule has 1 amide bonds. The van der Waals surface area contributed by atoms with E-state index in [0.29, 0.717) is 19.7 Å². The van der Waals surface area contributed by atoms with Gasteiger partial charge in [-0.2, -0.15) is 0 Å². The number of nitrogens with zero attached hydrogens (tertiary/aromatic N) is 2. The molecule has 21 heavy (non-hydrogen) atoms. The first-order chi connectivity index (χ1) is 10.2. The van der Waals surface area contributed by atoms with Gasteiger partial charge >= 0.3 is 0 Å². The van der Waals surface area contributed by atoms with Gasteiger partial charge in [0.2, 0.25) is 5.91 Å². The normalized spacial score (nSPS) is 25.3. The summed E-state index contributed by atoms with van der Waals surface area (Å²) in [4.78, 5) is 14.5. The van der Waals surface area contributed by atoms with Crippen molar-refractivity contribution >= 4 is 11.7 Å². The number of amidine groups is 1. The summed E-state index contributed by atoms with van der Waals surface area (Å²) in [6, 6.07) is 7.65. The Balaban J connectivity index is 1.74. The molecule has 1 aromatic carbocycles. The van der Waals surface area contributed by atoms with Crippen LogP contribution >= 0.6 is 0 Å². The van der Waals surface area contributed by atoms with Crippen LogP contribution in [0.3, 0.4) is 0 Å². The number of para-hydroxylation sites is 1. The summed E-state index contributed by atoms with van der Waals surface area (Å²) in [6.07, 6.45) is 1.71. The predicted octanol–water partition coefficient (Wildman–Crippen LogP) is 1.15. The van der Waals surface area contributed by atoms with Gasteiger partial charge in [0, 0.05) is 24.6 Å². The molecule has 0 spiro atoms. The third-order valence-corrected chi connectivity index (χ3v) is 4.26. The highest BCUT2D eigenvalue weighted by Gasteiger charge is 2.35. The number of oxime groups is 1. The van der Waals surface area contributed by atoms with Crippen LogP contribution in [-0.2, 0) is 4.79 Å². The Morgan fingerprint density at radius 2 is 2.24 bits per heavy atom. The van der Waals surface area contributed by atoms with Gasteiger partial charge in [0.1, 0.15) is 24.1 Å². The second kappa shape index (κ2) is 5.63. The Labute approximate surface area is 123 Å². The lowest BCUT2D eigenvalue weighted by molar-refractivity contribution is -0.134. The average molecular weight is 289 g/mol. The summed E-state index contributed by atoms with van der Waals surface area (Å²) in [5.74, 6) is 0.754. The maximum atomic E-state index is 12.7. The van der Waals surface area contributed by atoms with Crippen LogP contribution in [0.4, 0.5) is 0 Å². The minimum Gasteiger partial charge on any atom is -0.492 e. The van der Waals surface area contributed by atoms with Crippen molar-refractivity contribution in [2.24, 2.45) is 16.8 Å². The molecule has 6 heteroatoms. The molecule has 2 atom stereocenters. The van der Waals surface area contributed by atoms with Gasteiger partial charge in [-0.3, -0.25) is 4.79 Å². The minimum absolute atomic E-state index is 0.0646. The predicted molar refractivity (Wildman–Crippen MR) is 77.4 cm³/mol. The molecular formula is C15H19N3O3. The van der Waals surface area contributed by atoms with Crippen LogP contribution in [0.2, 0.25) is 0 Å². The van der Waals surface area contributed by atoms with Crippen LogP contribution in [0, 0.1) is 5.92 Å². The van der Waals surface area contributed by atoms with E-state index < -0.39 is 0 Å². The van der Waals surface area contributed by atoms with Crippen molar-refractivity contribution in [3.05, 3.63) is 29.8 Å². The fourth-order valence-electron chi connectivity index (χ4n) is 3.09. The van der Waals surface area contributed by atoms with Crippen LogP contribution in [0.1, 0.15) is 24.3 Å². The van der Waals surface area contributed by atoms with E-state index in [9.17, 15) is 4.79 Å². The number of rotatable bonds is 2. The number of likely N-dealkylation sites (tertiary alicyclic amines) is 1. The number of hydrogen-bond acceptors (Lipinski definition) is 4. The summed E-state index contributed by atoms with van der Waals surface area (Å²) in [5, 5.41) is 11.9. The quantitative estimate of drug-likeness (QED) is 0.370. The van der Waals surface area contributed by atoms with E-state index in [2.05, 4.69) is 5.16 Å². The van der Waals surface area contributed by atoms with E-state index in [1.807, 2.05) is 29.2 Å². The minimum atomic E-state index is -0.243. The first-order valence-electron chi connectivity index (χ1n) is 7.18. The largest absolute Gasteiger partial charge is 0.492 e. The van der Waals surface area contributed by atoms with Gasteiger partial charge in [-0.15, -0.1) is 0 Å². The maximum Gasteiger partial charge on any atom is 0.233 e. The average Bonchev–Trinajstić information content (AvgIpc) is 2.97. The summed E-state index contributed by atoms with van der Waals surface area (Å²) >= 11 is 0. The molecule has 3 N–H and O–H groups in total. The van der Waals surface area contributed by atoms with E-state index in [1.165, 1.54) is 0 Å². The lowest BCUT2D eigenvalue weighted by Gasteiger charge is -2.33. The molecule has 1 fully saturated rings. The Morgan fingerprint density at radius 1 is 1.43 bits per heavy atom. The number of hydrogen-bond donors (Lipinski definition) is 2. The zero-order valence-corrected chi connectivity index (χ0v) is 11.7. The molecule has 2 heterocycles. The maximum absolute atomic E-state index is 12.7. The molecule has 0 radical (unpaired) electrons. The Kier molecular flexibility index (Phi) is 3.68. The molecule has 0 aromatic heterocycles. The Bertz CT molecular complexity index is 573. The molecule has 1 saturated heterocycles. The number of benzene rings is 1. The number of piperidine rings is 1. The monoisotopic (exact) mass is 289 g/mol. The zero-order chi connectivity index (χ0) is 14.8. The van der Waals surface area contributed by atoms with Gasteiger partial charge in [-0.1, -0.05) is 23.4 Å². The second-order valence-electron chi connectivity index (χ2n) is 5.55. The first kappa shape index (κ1) is 13.7. The molecule has 6 nitrogen and oxygen atoms in total.